The minimum atomic E-state index is -0.334. The van der Waals surface area contributed by atoms with Crippen LogP contribution in [-0.2, 0) is 22.6 Å². The van der Waals surface area contributed by atoms with Crippen molar-refractivity contribution in [3.8, 4) is 11.5 Å². The van der Waals surface area contributed by atoms with E-state index in [1.807, 2.05) is 30.3 Å². The van der Waals surface area contributed by atoms with Crippen molar-refractivity contribution in [3.63, 3.8) is 0 Å². The third kappa shape index (κ3) is 6.08. The molecule has 1 aromatic heterocycles. The number of rotatable bonds is 9. The normalized spacial score (nSPS) is 10.1. The first-order chi connectivity index (χ1) is 12.6. The fourth-order valence-electron chi connectivity index (χ4n) is 2.35. The number of amides is 2. The number of carbonyl (C=O) groups is 2. The van der Waals surface area contributed by atoms with Gasteiger partial charge in [0.2, 0.25) is 11.8 Å². The first kappa shape index (κ1) is 19.2. The summed E-state index contributed by atoms with van der Waals surface area (Å²) in [6.45, 7) is 0.737. The Morgan fingerprint density at radius 1 is 1.00 bits per heavy atom. The number of aromatic nitrogens is 1. The smallest absolute Gasteiger partial charge is 0.229 e. The van der Waals surface area contributed by atoms with Crippen molar-refractivity contribution in [1.82, 2.24) is 15.6 Å². The van der Waals surface area contributed by atoms with E-state index >= 15 is 0 Å². The van der Waals surface area contributed by atoms with Crippen LogP contribution in [0.25, 0.3) is 0 Å². The molecule has 7 heteroatoms. The van der Waals surface area contributed by atoms with Crippen LogP contribution in [0.1, 0.15) is 17.7 Å². The lowest BCUT2D eigenvalue weighted by molar-refractivity contribution is -0.129. The molecule has 0 aliphatic rings. The van der Waals surface area contributed by atoms with Gasteiger partial charge in [-0.1, -0.05) is 12.1 Å². The van der Waals surface area contributed by atoms with Gasteiger partial charge in [0.15, 0.2) is 11.5 Å². The molecule has 1 aromatic carbocycles. The molecule has 26 heavy (non-hydrogen) atoms. The Bertz CT molecular complexity index is 735. The van der Waals surface area contributed by atoms with E-state index in [9.17, 15) is 9.59 Å². The van der Waals surface area contributed by atoms with Gasteiger partial charge in [0.1, 0.15) is 6.42 Å². The molecule has 0 saturated heterocycles. The van der Waals surface area contributed by atoms with Gasteiger partial charge in [-0.2, -0.15) is 0 Å². The highest BCUT2D eigenvalue weighted by Gasteiger charge is 2.09. The van der Waals surface area contributed by atoms with Gasteiger partial charge < -0.3 is 20.1 Å². The third-order valence-electron chi connectivity index (χ3n) is 3.70. The van der Waals surface area contributed by atoms with Crippen molar-refractivity contribution in [1.29, 1.82) is 0 Å². The van der Waals surface area contributed by atoms with E-state index in [0.29, 0.717) is 31.0 Å². The van der Waals surface area contributed by atoms with E-state index in [-0.39, 0.29) is 18.2 Å². The summed E-state index contributed by atoms with van der Waals surface area (Å²) >= 11 is 0. The molecule has 1 heterocycles. The molecule has 0 bridgehead atoms. The summed E-state index contributed by atoms with van der Waals surface area (Å²) in [5.74, 6) is 0.651. The van der Waals surface area contributed by atoms with Crippen LogP contribution in [0.5, 0.6) is 11.5 Å². The number of hydrogen-bond donors (Lipinski definition) is 2. The summed E-state index contributed by atoms with van der Waals surface area (Å²) in [5.41, 5.74) is 1.75. The number of carbonyl (C=O) groups excluding carboxylic acids is 2. The number of nitrogens with zero attached hydrogens (tertiary/aromatic N) is 1. The number of benzene rings is 1. The number of methoxy groups -OCH3 is 2. The predicted molar refractivity (Wildman–Crippen MR) is 97.0 cm³/mol. The minimum Gasteiger partial charge on any atom is -0.493 e. The Kier molecular flexibility index (Phi) is 7.42. The van der Waals surface area contributed by atoms with Gasteiger partial charge in [-0.05, 0) is 36.2 Å². The fourth-order valence-corrected chi connectivity index (χ4v) is 2.35. The molecule has 0 aliphatic heterocycles. The molecule has 2 rings (SSSR count). The first-order valence-corrected chi connectivity index (χ1v) is 8.26. The van der Waals surface area contributed by atoms with Crippen LogP contribution < -0.4 is 20.1 Å². The standard InChI is InChI=1S/C19H23N3O4/c1-25-16-7-6-14(11-17(16)26-2)8-10-21-18(23)12-19(24)22-13-15-5-3-4-9-20-15/h3-7,9,11H,8,10,12-13H2,1-2H3,(H,21,23)(H,22,24). The highest BCUT2D eigenvalue weighted by molar-refractivity contribution is 5.96. The van der Waals surface area contributed by atoms with Crippen molar-refractivity contribution >= 4 is 11.8 Å². The van der Waals surface area contributed by atoms with Crippen LogP contribution in [0, 0.1) is 0 Å². The highest BCUT2D eigenvalue weighted by Crippen LogP contribution is 2.27. The van der Waals surface area contributed by atoms with Crippen LogP contribution in [0.4, 0.5) is 0 Å². The van der Waals surface area contributed by atoms with Crippen LogP contribution >= 0.6 is 0 Å². The Morgan fingerprint density at radius 3 is 2.46 bits per heavy atom. The highest BCUT2D eigenvalue weighted by atomic mass is 16.5. The van der Waals surface area contributed by atoms with Crippen LogP contribution in [0.15, 0.2) is 42.6 Å². The molecule has 2 amide bonds. The molecule has 0 fully saturated rings. The Hall–Kier alpha value is -3.09. The van der Waals surface area contributed by atoms with E-state index in [1.54, 1.807) is 26.5 Å². The topological polar surface area (TPSA) is 89.5 Å². The van der Waals surface area contributed by atoms with Crippen LogP contribution in [0.2, 0.25) is 0 Å². The second-order valence-corrected chi connectivity index (χ2v) is 5.56. The third-order valence-corrected chi connectivity index (χ3v) is 3.70. The SMILES string of the molecule is COc1ccc(CCNC(=O)CC(=O)NCc2ccccn2)cc1OC. The monoisotopic (exact) mass is 357 g/mol. The zero-order valence-electron chi connectivity index (χ0n) is 15.0. The molecule has 0 atom stereocenters. The number of pyridine rings is 1. The second kappa shape index (κ2) is 10.0. The summed E-state index contributed by atoms with van der Waals surface area (Å²) in [4.78, 5) is 27.7. The van der Waals surface area contributed by atoms with Gasteiger partial charge in [0, 0.05) is 12.7 Å². The van der Waals surface area contributed by atoms with Crippen molar-refractivity contribution in [2.45, 2.75) is 19.4 Å². The van der Waals surface area contributed by atoms with Gasteiger partial charge in [0.25, 0.3) is 0 Å². The zero-order chi connectivity index (χ0) is 18.8. The number of hydrogen-bond acceptors (Lipinski definition) is 5. The number of ether oxygens (including phenoxy) is 2. The van der Waals surface area contributed by atoms with Crippen LogP contribution in [0.3, 0.4) is 0 Å². The second-order valence-electron chi connectivity index (χ2n) is 5.56. The Balaban J connectivity index is 1.70. The molecule has 0 saturated carbocycles. The van der Waals surface area contributed by atoms with Gasteiger partial charge in [-0.25, -0.2) is 0 Å². The summed E-state index contributed by atoms with van der Waals surface area (Å²) in [5, 5.41) is 5.41. The maximum absolute atomic E-state index is 11.8. The predicted octanol–water partition coefficient (Wildman–Crippen LogP) is 1.46. The largest absolute Gasteiger partial charge is 0.493 e. The summed E-state index contributed by atoms with van der Waals surface area (Å²) in [6.07, 6.45) is 2.07. The molecule has 2 aromatic rings. The van der Waals surface area contributed by atoms with Crippen molar-refractivity contribution in [2.24, 2.45) is 0 Å². The summed E-state index contributed by atoms with van der Waals surface area (Å²) < 4.78 is 10.4. The van der Waals surface area contributed by atoms with E-state index < -0.39 is 0 Å². The molecule has 138 valence electrons. The zero-order valence-corrected chi connectivity index (χ0v) is 15.0. The summed E-state index contributed by atoms with van der Waals surface area (Å²) in [6, 6.07) is 11.1. The van der Waals surface area contributed by atoms with E-state index in [1.165, 1.54) is 0 Å². The van der Waals surface area contributed by atoms with Gasteiger partial charge >= 0.3 is 0 Å². The average molecular weight is 357 g/mol. The quantitative estimate of drug-likeness (QED) is 0.663. The lowest BCUT2D eigenvalue weighted by Gasteiger charge is -2.10. The molecule has 2 N–H and O–H groups in total. The lowest BCUT2D eigenvalue weighted by Crippen LogP contribution is -2.32. The summed E-state index contributed by atoms with van der Waals surface area (Å²) in [7, 11) is 3.16. The maximum atomic E-state index is 11.8. The average Bonchev–Trinajstić information content (AvgIpc) is 2.67. The molecular formula is C19H23N3O4. The maximum Gasteiger partial charge on any atom is 0.229 e. The molecule has 0 unspecified atom stereocenters. The molecule has 0 spiro atoms. The lowest BCUT2D eigenvalue weighted by atomic mass is 10.1. The molecule has 7 nitrogen and oxygen atoms in total. The van der Waals surface area contributed by atoms with Crippen molar-refractivity contribution in [2.75, 3.05) is 20.8 Å². The van der Waals surface area contributed by atoms with Gasteiger partial charge in [0.05, 0.1) is 26.5 Å². The fraction of sp³-hybridized carbons (Fsp3) is 0.316. The first-order valence-electron chi connectivity index (χ1n) is 8.26. The van der Waals surface area contributed by atoms with E-state index in [4.69, 9.17) is 9.47 Å². The van der Waals surface area contributed by atoms with Gasteiger partial charge in [-0.15, -0.1) is 0 Å². The van der Waals surface area contributed by atoms with Crippen molar-refractivity contribution in [3.05, 3.63) is 53.9 Å². The van der Waals surface area contributed by atoms with Crippen molar-refractivity contribution < 1.29 is 19.1 Å². The molecule has 0 aliphatic carbocycles. The van der Waals surface area contributed by atoms with E-state index in [2.05, 4.69) is 15.6 Å². The Morgan fingerprint density at radius 2 is 1.77 bits per heavy atom. The minimum absolute atomic E-state index is 0.210. The molecule has 0 radical (unpaired) electrons. The van der Waals surface area contributed by atoms with Crippen LogP contribution in [-0.4, -0.2) is 37.6 Å². The van der Waals surface area contributed by atoms with E-state index in [0.717, 1.165) is 11.3 Å². The van der Waals surface area contributed by atoms with Gasteiger partial charge in [-0.3, -0.25) is 14.6 Å². The Labute approximate surface area is 152 Å². The molecular weight excluding hydrogens is 334 g/mol. The number of nitrogens with one attached hydrogen (secondary N) is 2.